The Morgan fingerprint density at radius 1 is 1.12 bits per heavy atom. The van der Waals surface area contributed by atoms with E-state index in [1.54, 1.807) is 0 Å². The summed E-state index contributed by atoms with van der Waals surface area (Å²) in [7, 11) is 0. The van der Waals surface area contributed by atoms with Crippen molar-refractivity contribution in [3.05, 3.63) is 0 Å². The van der Waals surface area contributed by atoms with Gasteiger partial charge in [0, 0.05) is 12.6 Å². The Labute approximate surface area is 102 Å². The summed E-state index contributed by atoms with van der Waals surface area (Å²) < 4.78 is 0. The van der Waals surface area contributed by atoms with Gasteiger partial charge in [-0.15, -0.1) is 0 Å². The lowest BCUT2D eigenvalue weighted by atomic mass is 9.95. The van der Waals surface area contributed by atoms with Crippen molar-refractivity contribution in [1.82, 2.24) is 10.2 Å². The van der Waals surface area contributed by atoms with E-state index < -0.39 is 0 Å². The molecule has 1 heterocycles. The average molecular weight is 226 g/mol. The molecule has 0 saturated carbocycles. The fourth-order valence-corrected chi connectivity index (χ4v) is 2.61. The van der Waals surface area contributed by atoms with Crippen molar-refractivity contribution in [2.45, 2.75) is 58.9 Å². The standard InChI is InChI=1S/C14H30N2/c1-4-15-10-6-5-7-11-16-12-13(2)8-9-14(16)3/h13-15H,4-12H2,1-3H3. The molecule has 0 aliphatic carbocycles. The van der Waals surface area contributed by atoms with Crippen LogP contribution < -0.4 is 5.32 Å². The van der Waals surface area contributed by atoms with Crippen molar-refractivity contribution in [1.29, 1.82) is 0 Å². The van der Waals surface area contributed by atoms with E-state index in [2.05, 4.69) is 31.0 Å². The highest BCUT2D eigenvalue weighted by molar-refractivity contribution is 4.76. The first-order chi connectivity index (χ1) is 7.74. The molecule has 2 nitrogen and oxygen atoms in total. The molecule has 96 valence electrons. The molecule has 0 spiro atoms. The Bertz CT molecular complexity index is 170. The smallest absolute Gasteiger partial charge is 0.00671 e. The number of unbranched alkanes of at least 4 members (excludes halogenated alkanes) is 2. The number of nitrogens with zero attached hydrogens (tertiary/aromatic N) is 1. The minimum atomic E-state index is 0.824. The highest BCUT2D eigenvalue weighted by Gasteiger charge is 2.21. The Morgan fingerprint density at radius 3 is 2.69 bits per heavy atom. The van der Waals surface area contributed by atoms with Gasteiger partial charge < -0.3 is 10.2 Å². The van der Waals surface area contributed by atoms with E-state index in [0.29, 0.717) is 0 Å². The number of hydrogen-bond donors (Lipinski definition) is 1. The third kappa shape index (κ3) is 5.31. The summed E-state index contributed by atoms with van der Waals surface area (Å²) in [5.74, 6) is 0.915. The summed E-state index contributed by atoms with van der Waals surface area (Å²) in [5.41, 5.74) is 0. The van der Waals surface area contributed by atoms with E-state index in [4.69, 9.17) is 0 Å². The topological polar surface area (TPSA) is 15.3 Å². The molecule has 0 aromatic heterocycles. The maximum Gasteiger partial charge on any atom is 0.00671 e. The monoisotopic (exact) mass is 226 g/mol. The van der Waals surface area contributed by atoms with Gasteiger partial charge in [-0.3, -0.25) is 0 Å². The van der Waals surface area contributed by atoms with Gasteiger partial charge in [0.05, 0.1) is 0 Å². The number of likely N-dealkylation sites (tertiary alicyclic amines) is 1. The van der Waals surface area contributed by atoms with Crippen LogP contribution >= 0.6 is 0 Å². The van der Waals surface area contributed by atoms with E-state index in [0.717, 1.165) is 18.5 Å². The molecule has 16 heavy (non-hydrogen) atoms. The highest BCUT2D eigenvalue weighted by Crippen LogP contribution is 2.21. The third-order valence-electron chi connectivity index (χ3n) is 3.80. The SMILES string of the molecule is CCNCCCCCN1CC(C)CCC1C. The van der Waals surface area contributed by atoms with Crippen LogP contribution in [0.4, 0.5) is 0 Å². The van der Waals surface area contributed by atoms with Gasteiger partial charge in [0.1, 0.15) is 0 Å². The maximum atomic E-state index is 3.39. The molecule has 1 saturated heterocycles. The number of piperidine rings is 1. The lowest BCUT2D eigenvalue weighted by molar-refractivity contribution is 0.122. The van der Waals surface area contributed by atoms with Gasteiger partial charge >= 0.3 is 0 Å². The summed E-state index contributed by atoms with van der Waals surface area (Å²) >= 11 is 0. The van der Waals surface area contributed by atoms with Crippen molar-refractivity contribution in [2.75, 3.05) is 26.2 Å². The first kappa shape index (κ1) is 14.0. The van der Waals surface area contributed by atoms with Gasteiger partial charge in [-0.2, -0.15) is 0 Å². The fourth-order valence-electron chi connectivity index (χ4n) is 2.61. The second-order valence-electron chi connectivity index (χ2n) is 5.44. The lowest BCUT2D eigenvalue weighted by Gasteiger charge is -2.36. The molecule has 0 radical (unpaired) electrons. The minimum absolute atomic E-state index is 0.824. The second-order valence-corrected chi connectivity index (χ2v) is 5.44. The zero-order valence-corrected chi connectivity index (χ0v) is 11.5. The summed E-state index contributed by atoms with van der Waals surface area (Å²) in [4.78, 5) is 2.70. The molecule has 0 aromatic rings. The van der Waals surface area contributed by atoms with Crippen LogP contribution in [0, 0.1) is 5.92 Å². The van der Waals surface area contributed by atoms with Gasteiger partial charge in [-0.1, -0.05) is 20.3 Å². The van der Waals surface area contributed by atoms with Crippen LogP contribution in [0.5, 0.6) is 0 Å². The van der Waals surface area contributed by atoms with E-state index in [1.807, 2.05) is 0 Å². The Kier molecular flexibility index (Phi) is 7.06. The van der Waals surface area contributed by atoms with Crippen molar-refractivity contribution >= 4 is 0 Å². The molecule has 1 N–H and O–H groups in total. The molecule has 1 rings (SSSR count). The van der Waals surface area contributed by atoms with Crippen molar-refractivity contribution in [3.8, 4) is 0 Å². The predicted octanol–water partition coefficient (Wildman–Crippen LogP) is 2.89. The fraction of sp³-hybridized carbons (Fsp3) is 1.00. The number of rotatable bonds is 7. The molecule has 0 aromatic carbocycles. The zero-order chi connectivity index (χ0) is 11.8. The van der Waals surface area contributed by atoms with Crippen LogP contribution in [0.2, 0.25) is 0 Å². The van der Waals surface area contributed by atoms with Gasteiger partial charge in [0.2, 0.25) is 0 Å². The first-order valence-electron chi connectivity index (χ1n) is 7.18. The summed E-state index contributed by atoms with van der Waals surface area (Å²) in [6.07, 6.45) is 6.93. The van der Waals surface area contributed by atoms with E-state index in [9.17, 15) is 0 Å². The Hall–Kier alpha value is -0.0800. The molecule has 1 fully saturated rings. The van der Waals surface area contributed by atoms with Gasteiger partial charge in [0.15, 0.2) is 0 Å². The molecular formula is C14H30N2. The summed E-state index contributed by atoms with van der Waals surface area (Å²) in [6, 6.07) is 0.824. The first-order valence-corrected chi connectivity index (χ1v) is 7.18. The molecule has 2 unspecified atom stereocenters. The molecule has 2 heteroatoms. The number of hydrogen-bond acceptors (Lipinski definition) is 2. The molecule has 0 amide bonds. The van der Waals surface area contributed by atoms with Crippen LogP contribution in [0.1, 0.15) is 52.9 Å². The van der Waals surface area contributed by atoms with Crippen LogP contribution in [0.15, 0.2) is 0 Å². The van der Waals surface area contributed by atoms with Crippen molar-refractivity contribution in [3.63, 3.8) is 0 Å². The van der Waals surface area contributed by atoms with Crippen molar-refractivity contribution < 1.29 is 0 Å². The Morgan fingerprint density at radius 2 is 1.94 bits per heavy atom. The van der Waals surface area contributed by atoms with Gasteiger partial charge in [0.25, 0.3) is 0 Å². The highest BCUT2D eigenvalue weighted by atomic mass is 15.2. The van der Waals surface area contributed by atoms with Gasteiger partial charge in [-0.25, -0.2) is 0 Å². The lowest BCUT2D eigenvalue weighted by Crippen LogP contribution is -2.41. The largest absolute Gasteiger partial charge is 0.317 e. The average Bonchev–Trinajstić information content (AvgIpc) is 2.28. The van der Waals surface area contributed by atoms with E-state index >= 15 is 0 Å². The molecule has 0 bridgehead atoms. The molecule has 1 aliphatic rings. The zero-order valence-electron chi connectivity index (χ0n) is 11.5. The quantitative estimate of drug-likeness (QED) is 0.672. The molecule has 2 atom stereocenters. The van der Waals surface area contributed by atoms with Crippen LogP contribution in [0.3, 0.4) is 0 Å². The second kappa shape index (κ2) is 8.08. The van der Waals surface area contributed by atoms with E-state index in [1.165, 1.54) is 51.7 Å². The van der Waals surface area contributed by atoms with E-state index in [-0.39, 0.29) is 0 Å². The summed E-state index contributed by atoms with van der Waals surface area (Å²) in [6.45, 7) is 11.9. The van der Waals surface area contributed by atoms with Crippen LogP contribution in [-0.2, 0) is 0 Å². The van der Waals surface area contributed by atoms with Gasteiger partial charge in [-0.05, 0) is 58.2 Å². The van der Waals surface area contributed by atoms with Crippen LogP contribution in [0.25, 0.3) is 0 Å². The summed E-state index contributed by atoms with van der Waals surface area (Å²) in [5, 5.41) is 3.39. The number of nitrogens with one attached hydrogen (secondary N) is 1. The minimum Gasteiger partial charge on any atom is -0.317 e. The molecule has 1 aliphatic heterocycles. The van der Waals surface area contributed by atoms with Crippen molar-refractivity contribution in [2.24, 2.45) is 5.92 Å². The maximum absolute atomic E-state index is 3.39. The Balaban J connectivity index is 2.02. The molecular weight excluding hydrogens is 196 g/mol. The normalized spacial score (nSPS) is 27.2. The third-order valence-corrected chi connectivity index (χ3v) is 3.80. The van der Waals surface area contributed by atoms with Crippen LogP contribution in [-0.4, -0.2) is 37.1 Å². The predicted molar refractivity (Wildman–Crippen MR) is 71.8 cm³/mol.